The molecule has 1 unspecified atom stereocenters. The first-order chi connectivity index (χ1) is 9.31. The van der Waals surface area contributed by atoms with Gasteiger partial charge in [0.25, 0.3) is 0 Å². The molecule has 2 heterocycles. The van der Waals surface area contributed by atoms with Crippen LogP contribution in [0.5, 0.6) is 0 Å². The van der Waals surface area contributed by atoms with Gasteiger partial charge in [-0.1, -0.05) is 19.0 Å². The van der Waals surface area contributed by atoms with Crippen molar-refractivity contribution in [2.75, 3.05) is 26.2 Å². The molecule has 2 nitrogen and oxygen atoms in total. The topological polar surface area (TPSA) is 6.48 Å². The normalized spacial score (nSPS) is 23.9. The fourth-order valence-electron chi connectivity index (χ4n) is 3.70. The van der Waals surface area contributed by atoms with Crippen molar-refractivity contribution in [1.82, 2.24) is 9.80 Å². The summed E-state index contributed by atoms with van der Waals surface area (Å²) in [5, 5.41) is 0. The van der Waals surface area contributed by atoms with E-state index in [0.29, 0.717) is 0 Å². The standard InChI is InChI=1S/C16H32N2Si/c1-3-12-19-14-15(2)13-16(17-8-4-5-9-17)18-10-6-7-11-18/h3,15-16H,1,4-14,19H2,2H3. The summed E-state index contributed by atoms with van der Waals surface area (Å²) < 4.78 is 0. The van der Waals surface area contributed by atoms with Crippen LogP contribution in [0.3, 0.4) is 0 Å². The van der Waals surface area contributed by atoms with Crippen LogP contribution in [-0.2, 0) is 0 Å². The predicted molar refractivity (Wildman–Crippen MR) is 87.5 cm³/mol. The van der Waals surface area contributed by atoms with E-state index in [0.717, 1.165) is 12.1 Å². The third kappa shape index (κ3) is 4.73. The zero-order valence-corrected chi connectivity index (χ0v) is 14.2. The minimum Gasteiger partial charge on any atom is -0.288 e. The van der Waals surface area contributed by atoms with E-state index in [1.165, 1.54) is 70.4 Å². The van der Waals surface area contributed by atoms with E-state index in [1.807, 2.05) is 0 Å². The smallest absolute Gasteiger partial charge is 0.0624 e. The summed E-state index contributed by atoms with van der Waals surface area (Å²) in [7, 11) is 0.123. The Morgan fingerprint density at radius 2 is 1.58 bits per heavy atom. The Balaban J connectivity index is 1.83. The van der Waals surface area contributed by atoms with E-state index in [1.54, 1.807) is 0 Å². The van der Waals surface area contributed by atoms with Crippen LogP contribution in [0.1, 0.15) is 39.0 Å². The van der Waals surface area contributed by atoms with Crippen molar-refractivity contribution in [2.45, 2.75) is 57.3 Å². The molecule has 19 heavy (non-hydrogen) atoms. The first-order valence-corrected chi connectivity index (χ1v) is 10.4. The molecule has 2 aliphatic rings. The van der Waals surface area contributed by atoms with Crippen LogP contribution in [0, 0.1) is 5.92 Å². The SMILES string of the molecule is C=CC[SiH2]CC(C)CC(N1CCCC1)N1CCCC1. The summed E-state index contributed by atoms with van der Waals surface area (Å²) in [4.78, 5) is 5.55. The lowest BCUT2D eigenvalue weighted by Crippen LogP contribution is -2.46. The van der Waals surface area contributed by atoms with Gasteiger partial charge < -0.3 is 0 Å². The molecular formula is C16H32N2Si. The molecule has 0 aromatic carbocycles. The Morgan fingerprint density at radius 3 is 2.05 bits per heavy atom. The number of nitrogens with zero attached hydrogens (tertiary/aromatic N) is 2. The Morgan fingerprint density at radius 1 is 1.05 bits per heavy atom. The fraction of sp³-hybridized carbons (Fsp3) is 0.875. The molecule has 110 valence electrons. The van der Waals surface area contributed by atoms with Crippen molar-refractivity contribution in [1.29, 1.82) is 0 Å². The maximum Gasteiger partial charge on any atom is 0.0624 e. The molecule has 2 saturated heterocycles. The molecule has 1 atom stereocenters. The Bertz CT molecular complexity index is 241. The van der Waals surface area contributed by atoms with Gasteiger partial charge in [-0.3, -0.25) is 9.80 Å². The van der Waals surface area contributed by atoms with Crippen molar-refractivity contribution in [3.63, 3.8) is 0 Å². The predicted octanol–water partition coefficient (Wildman–Crippen LogP) is 2.72. The van der Waals surface area contributed by atoms with Crippen molar-refractivity contribution >= 4 is 9.52 Å². The molecule has 0 spiro atoms. The van der Waals surface area contributed by atoms with E-state index in [4.69, 9.17) is 0 Å². The lowest BCUT2D eigenvalue weighted by Gasteiger charge is -2.37. The van der Waals surface area contributed by atoms with Crippen molar-refractivity contribution in [3.05, 3.63) is 12.7 Å². The molecule has 2 fully saturated rings. The second kappa shape index (κ2) is 8.23. The zero-order valence-electron chi connectivity index (χ0n) is 12.8. The van der Waals surface area contributed by atoms with Crippen LogP contribution in [-0.4, -0.2) is 51.7 Å². The quantitative estimate of drug-likeness (QED) is 0.383. The summed E-state index contributed by atoms with van der Waals surface area (Å²) in [5.74, 6) is 0.915. The van der Waals surface area contributed by atoms with Gasteiger partial charge in [0, 0.05) is 9.52 Å². The molecule has 0 aromatic heterocycles. The molecule has 0 amide bonds. The Hall–Kier alpha value is -0.123. The van der Waals surface area contributed by atoms with Crippen molar-refractivity contribution in [3.8, 4) is 0 Å². The van der Waals surface area contributed by atoms with Crippen LogP contribution >= 0.6 is 0 Å². The van der Waals surface area contributed by atoms with Gasteiger partial charge in [0.05, 0.1) is 6.17 Å². The summed E-state index contributed by atoms with van der Waals surface area (Å²) in [5.41, 5.74) is 0. The number of rotatable bonds is 8. The summed E-state index contributed by atoms with van der Waals surface area (Å²) in [6.45, 7) is 11.7. The molecule has 2 aliphatic heterocycles. The van der Waals surface area contributed by atoms with Gasteiger partial charge in [-0.05, 0) is 70.2 Å². The van der Waals surface area contributed by atoms with E-state index in [2.05, 4.69) is 29.4 Å². The summed E-state index contributed by atoms with van der Waals surface area (Å²) in [6, 6.07) is 2.83. The Labute approximate surface area is 122 Å². The number of hydrogen-bond donors (Lipinski definition) is 0. The molecule has 3 heteroatoms. The van der Waals surface area contributed by atoms with E-state index in [-0.39, 0.29) is 9.52 Å². The molecule has 0 bridgehead atoms. The lowest BCUT2D eigenvalue weighted by molar-refractivity contribution is 0.0618. The number of allylic oxidation sites excluding steroid dienone is 1. The van der Waals surface area contributed by atoms with Gasteiger partial charge in [0.1, 0.15) is 0 Å². The van der Waals surface area contributed by atoms with Crippen LogP contribution < -0.4 is 0 Å². The van der Waals surface area contributed by atoms with E-state index < -0.39 is 0 Å². The lowest BCUT2D eigenvalue weighted by atomic mass is 10.1. The third-order valence-electron chi connectivity index (χ3n) is 4.84. The second-order valence-corrected chi connectivity index (χ2v) is 8.39. The van der Waals surface area contributed by atoms with Gasteiger partial charge >= 0.3 is 0 Å². The van der Waals surface area contributed by atoms with Crippen LogP contribution in [0.2, 0.25) is 12.1 Å². The fourth-order valence-corrected chi connectivity index (χ4v) is 5.15. The third-order valence-corrected chi connectivity index (χ3v) is 7.05. The number of likely N-dealkylation sites (tertiary alicyclic amines) is 2. The van der Waals surface area contributed by atoms with E-state index in [9.17, 15) is 0 Å². The average molecular weight is 281 g/mol. The number of hydrogen-bond acceptors (Lipinski definition) is 2. The molecule has 0 N–H and O–H groups in total. The van der Waals surface area contributed by atoms with Gasteiger partial charge in [0.15, 0.2) is 0 Å². The van der Waals surface area contributed by atoms with Crippen LogP contribution in [0.25, 0.3) is 0 Å². The highest BCUT2D eigenvalue weighted by Crippen LogP contribution is 2.25. The van der Waals surface area contributed by atoms with Gasteiger partial charge in [-0.25, -0.2) is 0 Å². The minimum atomic E-state index is 0.123. The van der Waals surface area contributed by atoms with E-state index >= 15 is 0 Å². The molecular weight excluding hydrogens is 248 g/mol. The molecule has 0 aliphatic carbocycles. The van der Waals surface area contributed by atoms with Gasteiger partial charge in [-0.2, -0.15) is 0 Å². The van der Waals surface area contributed by atoms with Crippen LogP contribution in [0.4, 0.5) is 0 Å². The monoisotopic (exact) mass is 280 g/mol. The molecule has 0 saturated carbocycles. The first-order valence-electron chi connectivity index (χ1n) is 8.40. The maximum absolute atomic E-state index is 3.86. The van der Waals surface area contributed by atoms with Crippen molar-refractivity contribution < 1.29 is 0 Å². The van der Waals surface area contributed by atoms with Crippen LogP contribution in [0.15, 0.2) is 12.7 Å². The van der Waals surface area contributed by atoms with Crippen molar-refractivity contribution in [2.24, 2.45) is 5.92 Å². The first kappa shape index (κ1) is 15.3. The maximum atomic E-state index is 3.86. The highest BCUT2D eigenvalue weighted by atomic mass is 28.2. The summed E-state index contributed by atoms with van der Waals surface area (Å²) >= 11 is 0. The zero-order chi connectivity index (χ0) is 13.5. The largest absolute Gasteiger partial charge is 0.288 e. The average Bonchev–Trinajstić information content (AvgIpc) is 3.09. The molecule has 0 radical (unpaired) electrons. The second-order valence-electron chi connectivity index (χ2n) is 6.53. The molecule has 0 aromatic rings. The molecule has 2 rings (SSSR count). The van der Waals surface area contributed by atoms with Gasteiger partial charge in [0.2, 0.25) is 0 Å². The summed E-state index contributed by atoms with van der Waals surface area (Å²) in [6.07, 6.45) is 9.97. The Kier molecular flexibility index (Phi) is 6.61. The van der Waals surface area contributed by atoms with Gasteiger partial charge in [-0.15, -0.1) is 6.58 Å². The minimum absolute atomic E-state index is 0.123. The highest BCUT2D eigenvalue weighted by molar-refractivity contribution is 6.36. The highest BCUT2D eigenvalue weighted by Gasteiger charge is 2.30.